The van der Waals surface area contributed by atoms with Gasteiger partial charge in [-0.2, -0.15) is 4.68 Å². The Bertz CT molecular complexity index is 823. The van der Waals surface area contributed by atoms with Crippen LogP contribution in [0.15, 0.2) is 24.3 Å². The lowest BCUT2D eigenvalue weighted by atomic mass is 9.97. The summed E-state index contributed by atoms with van der Waals surface area (Å²) in [5.41, 5.74) is 0.984. The minimum Gasteiger partial charge on any atom is -0.466 e. The maximum Gasteiger partial charge on any atom is 0.309 e. The summed E-state index contributed by atoms with van der Waals surface area (Å²) in [6, 6.07) is 7.59. The van der Waals surface area contributed by atoms with Crippen LogP contribution in [0.3, 0.4) is 0 Å². The van der Waals surface area contributed by atoms with Crippen LogP contribution in [0.4, 0.5) is 0 Å². The van der Waals surface area contributed by atoms with E-state index in [9.17, 15) is 4.79 Å². The molecule has 0 bridgehead atoms. The van der Waals surface area contributed by atoms with E-state index < -0.39 is 0 Å². The number of piperidine rings is 1. The highest BCUT2D eigenvalue weighted by Gasteiger charge is 2.29. The minimum absolute atomic E-state index is 0.0278. The fourth-order valence-electron chi connectivity index (χ4n) is 3.33. The Hall–Kier alpha value is -1.70. The Labute approximate surface area is 163 Å². The first-order valence-electron chi connectivity index (χ1n) is 8.89. The third-order valence-corrected chi connectivity index (χ3v) is 5.57. The van der Waals surface area contributed by atoms with Crippen molar-refractivity contribution in [2.75, 3.05) is 19.7 Å². The Kier molecular flexibility index (Phi) is 6.11. The maximum atomic E-state index is 11.9. The Morgan fingerprint density at radius 3 is 2.62 bits per heavy atom. The summed E-state index contributed by atoms with van der Waals surface area (Å²) in [6.45, 7) is 4.83. The van der Waals surface area contributed by atoms with Crippen molar-refractivity contribution in [3.8, 4) is 11.4 Å². The Morgan fingerprint density at radius 1 is 1.35 bits per heavy atom. The largest absolute Gasteiger partial charge is 0.466 e. The number of ether oxygens (including phenoxy) is 1. The van der Waals surface area contributed by atoms with Gasteiger partial charge in [-0.15, -0.1) is 5.10 Å². The predicted octanol–water partition coefficient (Wildman–Crippen LogP) is 2.09. The Balaban J connectivity index is 1.68. The van der Waals surface area contributed by atoms with E-state index in [0.29, 0.717) is 23.1 Å². The molecular weight excluding hydrogens is 372 g/mol. The summed E-state index contributed by atoms with van der Waals surface area (Å²) >= 11 is 11.5. The third-order valence-electron chi connectivity index (χ3n) is 4.83. The van der Waals surface area contributed by atoms with Crippen molar-refractivity contribution in [3.05, 3.63) is 34.1 Å². The van der Waals surface area contributed by atoms with E-state index in [2.05, 4.69) is 0 Å². The molecule has 2 heterocycles. The van der Waals surface area contributed by atoms with Crippen LogP contribution in [0.5, 0.6) is 0 Å². The number of nitrogens with one attached hydrogen (secondary N) is 1. The van der Waals surface area contributed by atoms with Crippen molar-refractivity contribution in [2.45, 2.75) is 26.4 Å². The molecule has 1 aliphatic heterocycles. The molecule has 1 aliphatic rings. The number of halogens is 1. The zero-order chi connectivity index (χ0) is 18.7. The standard InChI is InChI=1S/C18H23ClN4O2S/c1-3-25-17(24)14-8-10-22(11-9-14)12-23-18(26)21(2)16(20-23)13-4-6-15(19)7-5-13/h4-7,14H,3,8-12H2,1-2H3/p+1. The van der Waals surface area contributed by atoms with Gasteiger partial charge >= 0.3 is 5.97 Å². The predicted molar refractivity (Wildman–Crippen MR) is 103 cm³/mol. The average Bonchev–Trinajstić information content (AvgIpc) is 2.92. The molecule has 26 heavy (non-hydrogen) atoms. The first-order chi connectivity index (χ1) is 12.5. The zero-order valence-electron chi connectivity index (χ0n) is 15.1. The van der Waals surface area contributed by atoms with E-state index in [1.54, 1.807) is 0 Å². The number of carbonyl (C=O) groups is 1. The van der Waals surface area contributed by atoms with Gasteiger partial charge in [-0.05, 0) is 43.4 Å². The molecule has 0 atom stereocenters. The topological polar surface area (TPSA) is 53.5 Å². The fourth-order valence-corrected chi connectivity index (χ4v) is 3.65. The van der Waals surface area contributed by atoms with Crippen molar-refractivity contribution >= 4 is 29.8 Å². The average molecular weight is 396 g/mol. The van der Waals surface area contributed by atoms with Crippen LogP contribution >= 0.6 is 23.8 Å². The second kappa shape index (κ2) is 8.33. The number of hydrogen-bond donors (Lipinski definition) is 1. The molecule has 3 rings (SSSR count). The summed E-state index contributed by atoms with van der Waals surface area (Å²) in [4.78, 5) is 13.2. The van der Waals surface area contributed by atoms with E-state index in [-0.39, 0.29) is 11.9 Å². The molecule has 1 aromatic heterocycles. The van der Waals surface area contributed by atoms with E-state index in [1.165, 1.54) is 4.90 Å². The monoisotopic (exact) mass is 395 g/mol. The number of esters is 1. The number of carbonyl (C=O) groups excluding carboxylic acids is 1. The van der Waals surface area contributed by atoms with Crippen LogP contribution in [0.1, 0.15) is 19.8 Å². The highest BCUT2D eigenvalue weighted by molar-refractivity contribution is 7.71. The van der Waals surface area contributed by atoms with E-state index in [0.717, 1.165) is 37.3 Å². The Morgan fingerprint density at radius 2 is 2.00 bits per heavy atom. The van der Waals surface area contributed by atoms with Crippen LogP contribution in [0, 0.1) is 10.7 Å². The number of benzene rings is 1. The van der Waals surface area contributed by atoms with Gasteiger partial charge in [-0.25, -0.2) is 0 Å². The second-order valence-electron chi connectivity index (χ2n) is 6.61. The van der Waals surface area contributed by atoms with E-state index >= 15 is 0 Å². The number of hydrogen-bond acceptors (Lipinski definition) is 4. The van der Waals surface area contributed by atoms with Gasteiger partial charge < -0.3 is 14.2 Å². The van der Waals surface area contributed by atoms with E-state index in [1.807, 2.05) is 47.5 Å². The molecule has 2 aromatic rings. The minimum atomic E-state index is -0.0639. The molecule has 1 aromatic carbocycles. The number of rotatable bonds is 5. The van der Waals surface area contributed by atoms with Crippen LogP contribution in [-0.2, 0) is 23.2 Å². The molecule has 0 spiro atoms. The quantitative estimate of drug-likeness (QED) is 0.622. The fraction of sp³-hybridized carbons (Fsp3) is 0.500. The second-order valence-corrected chi connectivity index (χ2v) is 7.41. The summed E-state index contributed by atoms with van der Waals surface area (Å²) < 4.78 is 9.62. The molecule has 140 valence electrons. The molecule has 6 nitrogen and oxygen atoms in total. The molecule has 0 unspecified atom stereocenters. The van der Waals surface area contributed by atoms with E-state index in [4.69, 9.17) is 33.7 Å². The molecule has 0 radical (unpaired) electrons. The molecule has 0 saturated carbocycles. The SMILES string of the molecule is CCOC(=O)C1CC[NH+](Cn2nc(-c3ccc(Cl)cc3)n(C)c2=S)CC1. The highest BCUT2D eigenvalue weighted by atomic mass is 35.5. The van der Waals surface area contributed by atoms with Crippen molar-refractivity contribution in [2.24, 2.45) is 13.0 Å². The van der Waals surface area contributed by atoms with Gasteiger partial charge in [-0.3, -0.25) is 4.79 Å². The first kappa shape index (κ1) is 19.1. The van der Waals surface area contributed by atoms with Crippen LogP contribution in [-0.4, -0.2) is 40.0 Å². The van der Waals surface area contributed by atoms with Crippen molar-refractivity contribution < 1.29 is 14.4 Å². The van der Waals surface area contributed by atoms with Gasteiger partial charge in [0.05, 0.1) is 25.6 Å². The normalized spacial score (nSPS) is 20.1. The lowest BCUT2D eigenvalue weighted by Crippen LogP contribution is -3.12. The number of nitrogens with zero attached hydrogens (tertiary/aromatic N) is 3. The molecule has 1 N–H and O–H groups in total. The highest BCUT2D eigenvalue weighted by Crippen LogP contribution is 2.20. The molecule has 8 heteroatoms. The van der Waals surface area contributed by atoms with Gasteiger partial charge in [0.25, 0.3) is 0 Å². The van der Waals surface area contributed by atoms with Crippen LogP contribution < -0.4 is 4.90 Å². The molecule has 1 saturated heterocycles. The molecule has 0 amide bonds. The number of quaternary nitrogens is 1. The van der Waals surface area contributed by atoms with Gasteiger partial charge in [-0.1, -0.05) is 11.6 Å². The number of likely N-dealkylation sites (tertiary alicyclic amines) is 1. The molecule has 0 aliphatic carbocycles. The summed E-state index contributed by atoms with van der Waals surface area (Å²) in [6.07, 6.45) is 1.69. The summed E-state index contributed by atoms with van der Waals surface area (Å²) in [5, 5.41) is 5.40. The molecule has 1 fully saturated rings. The van der Waals surface area contributed by atoms with Gasteiger partial charge in [0.1, 0.15) is 0 Å². The third kappa shape index (κ3) is 4.16. The lowest BCUT2D eigenvalue weighted by Gasteiger charge is -2.27. The zero-order valence-corrected chi connectivity index (χ0v) is 16.6. The molecular formula is C18H24ClN4O2S+. The van der Waals surface area contributed by atoms with Crippen molar-refractivity contribution in [1.82, 2.24) is 14.3 Å². The summed E-state index contributed by atoms with van der Waals surface area (Å²) in [5.74, 6) is 0.790. The van der Waals surface area contributed by atoms with Gasteiger partial charge in [0.2, 0.25) is 4.77 Å². The smallest absolute Gasteiger partial charge is 0.309 e. The van der Waals surface area contributed by atoms with Crippen molar-refractivity contribution in [1.29, 1.82) is 0 Å². The van der Waals surface area contributed by atoms with Gasteiger partial charge in [0, 0.05) is 30.5 Å². The van der Waals surface area contributed by atoms with Gasteiger partial charge in [0.15, 0.2) is 12.5 Å². The van der Waals surface area contributed by atoms with Crippen molar-refractivity contribution in [3.63, 3.8) is 0 Å². The lowest BCUT2D eigenvalue weighted by molar-refractivity contribution is -0.929. The van der Waals surface area contributed by atoms with Crippen LogP contribution in [0.2, 0.25) is 5.02 Å². The van der Waals surface area contributed by atoms with Crippen LogP contribution in [0.25, 0.3) is 11.4 Å². The first-order valence-corrected chi connectivity index (χ1v) is 9.68. The maximum absolute atomic E-state index is 11.9. The number of aromatic nitrogens is 3. The summed E-state index contributed by atoms with van der Waals surface area (Å²) in [7, 11) is 1.93.